The molecule has 0 radical (unpaired) electrons. The summed E-state index contributed by atoms with van der Waals surface area (Å²) in [6.45, 7) is 3.05. The number of hydrogen-bond acceptors (Lipinski definition) is 8. The topological polar surface area (TPSA) is 88.6 Å². The first-order valence-corrected chi connectivity index (χ1v) is 12.0. The van der Waals surface area contributed by atoms with Crippen LogP contribution in [0.5, 0.6) is 0 Å². The number of nitrogens with one attached hydrogen (secondary N) is 1. The highest BCUT2D eigenvalue weighted by Crippen LogP contribution is 2.27. The number of Topliss-reactive ketones (excluding diaryl/α,β-unsaturated/α-hetero) is 1. The summed E-state index contributed by atoms with van der Waals surface area (Å²) in [7, 11) is 0. The van der Waals surface area contributed by atoms with Crippen molar-refractivity contribution < 1.29 is 19.1 Å². The van der Waals surface area contributed by atoms with Crippen LogP contribution in [-0.2, 0) is 9.53 Å². The maximum Gasteiger partial charge on any atom is 0.313 e. The molecule has 4 rings (SSSR count). The lowest BCUT2D eigenvalue weighted by Gasteiger charge is -2.25. The number of benzene rings is 1. The first-order chi connectivity index (χ1) is 15.1. The van der Waals surface area contributed by atoms with E-state index in [4.69, 9.17) is 4.74 Å². The zero-order valence-corrected chi connectivity index (χ0v) is 18.6. The van der Waals surface area contributed by atoms with Crippen molar-refractivity contribution in [3.63, 3.8) is 0 Å². The molecule has 3 heterocycles. The van der Waals surface area contributed by atoms with Gasteiger partial charge in [-0.15, -0.1) is 22.7 Å². The molecule has 0 unspecified atom stereocenters. The number of carbonyl (C=O) groups excluding carboxylic acids is 3. The number of amides is 1. The fourth-order valence-electron chi connectivity index (χ4n) is 3.50. The first kappa shape index (κ1) is 21.6. The summed E-state index contributed by atoms with van der Waals surface area (Å²) in [5, 5.41) is 5.20. The first-order valence-electron chi connectivity index (χ1n) is 10.3. The number of thiazole rings is 1. The second-order valence-electron chi connectivity index (χ2n) is 7.33. The van der Waals surface area contributed by atoms with E-state index in [-0.39, 0.29) is 24.7 Å². The monoisotopic (exact) mass is 457 g/mol. The van der Waals surface area contributed by atoms with E-state index in [1.165, 1.54) is 41.9 Å². The van der Waals surface area contributed by atoms with E-state index in [1.54, 1.807) is 11.4 Å². The predicted octanol–water partition coefficient (Wildman–Crippen LogP) is 4.21. The van der Waals surface area contributed by atoms with Crippen molar-refractivity contribution in [3.8, 4) is 0 Å². The highest BCUT2D eigenvalue weighted by Gasteiger charge is 2.21. The number of hydrogen-bond donors (Lipinski definition) is 1. The Bertz CT molecular complexity index is 1050. The number of anilines is 1. The Balaban J connectivity index is 1.31. The summed E-state index contributed by atoms with van der Waals surface area (Å²) in [6.07, 6.45) is 3.26. The molecule has 0 atom stereocenters. The van der Waals surface area contributed by atoms with E-state index in [0.717, 1.165) is 23.3 Å². The molecule has 1 aliphatic rings. The van der Waals surface area contributed by atoms with Crippen LogP contribution in [0, 0.1) is 0 Å². The van der Waals surface area contributed by atoms with Gasteiger partial charge in [0.05, 0.1) is 15.8 Å². The molecule has 1 saturated heterocycles. The minimum absolute atomic E-state index is 0.289. The molecule has 7 nitrogen and oxygen atoms in total. The van der Waals surface area contributed by atoms with Crippen LogP contribution in [0.2, 0.25) is 0 Å². The molecule has 1 N–H and O–H groups in total. The van der Waals surface area contributed by atoms with E-state index in [1.807, 2.05) is 24.3 Å². The molecule has 1 amide bonds. The molecule has 162 valence electrons. The zero-order chi connectivity index (χ0) is 21.6. The van der Waals surface area contributed by atoms with Gasteiger partial charge in [0.25, 0.3) is 5.91 Å². The van der Waals surface area contributed by atoms with Gasteiger partial charge in [0, 0.05) is 6.54 Å². The van der Waals surface area contributed by atoms with Gasteiger partial charge in [-0.1, -0.05) is 18.6 Å². The smallest absolute Gasteiger partial charge is 0.313 e. The number of rotatable bonds is 8. The van der Waals surface area contributed by atoms with Crippen LogP contribution in [0.1, 0.15) is 45.8 Å². The van der Waals surface area contributed by atoms with Crippen LogP contribution in [0.4, 0.5) is 5.00 Å². The second kappa shape index (κ2) is 10.1. The van der Waals surface area contributed by atoms with Crippen molar-refractivity contribution >= 4 is 55.6 Å². The van der Waals surface area contributed by atoms with E-state index in [9.17, 15) is 14.4 Å². The minimum atomic E-state index is -0.545. The number of para-hydroxylation sites is 1. The molecule has 31 heavy (non-hydrogen) atoms. The number of likely N-dealkylation sites (tertiary alicyclic amines) is 1. The lowest BCUT2D eigenvalue weighted by atomic mass is 10.1. The fraction of sp³-hybridized carbons (Fsp3) is 0.364. The number of piperidine rings is 1. The molecule has 0 saturated carbocycles. The van der Waals surface area contributed by atoms with Gasteiger partial charge in [-0.3, -0.25) is 19.3 Å². The minimum Gasteiger partial charge on any atom is -0.464 e. The van der Waals surface area contributed by atoms with Gasteiger partial charge in [0.2, 0.25) is 0 Å². The number of fused-ring (bicyclic) bond motifs is 1. The molecule has 1 aliphatic heterocycles. The summed E-state index contributed by atoms with van der Waals surface area (Å²) in [5.74, 6) is -1.29. The Morgan fingerprint density at radius 1 is 1.10 bits per heavy atom. The maximum absolute atomic E-state index is 12.6. The van der Waals surface area contributed by atoms with Gasteiger partial charge in [0.15, 0.2) is 10.8 Å². The Labute approximate surface area is 188 Å². The highest BCUT2D eigenvalue weighted by molar-refractivity contribution is 7.20. The van der Waals surface area contributed by atoms with Crippen molar-refractivity contribution in [2.75, 3.05) is 31.6 Å². The number of aromatic nitrogens is 1. The molecule has 3 aromatic rings. The molecule has 2 aromatic heterocycles. The fourth-order valence-corrected chi connectivity index (χ4v) is 5.16. The van der Waals surface area contributed by atoms with Crippen LogP contribution in [0.3, 0.4) is 0 Å². The molecule has 0 spiro atoms. The van der Waals surface area contributed by atoms with E-state index in [2.05, 4.69) is 15.2 Å². The van der Waals surface area contributed by atoms with Crippen LogP contribution < -0.4 is 5.32 Å². The largest absolute Gasteiger partial charge is 0.464 e. The lowest BCUT2D eigenvalue weighted by molar-refractivity contribution is -0.143. The molecule has 0 bridgehead atoms. The van der Waals surface area contributed by atoms with Crippen molar-refractivity contribution in [1.29, 1.82) is 0 Å². The quantitative estimate of drug-likeness (QED) is 0.310. The lowest BCUT2D eigenvalue weighted by Crippen LogP contribution is -2.33. The Hall–Kier alpha value is -2.62. The number of carbonyl (C=O) groups is 3. The summed E-state index contributed by atoms with van der Waals surface area (Å²) in [5.41, 5.74) is 1.07. The number of nitrogens with zero attached hydrogens (tertiary/aromatic N) is 2. The van der Waals surface area contributed by atoms with Gasteiger partial charge in [-0.2, -0.15) is 0 Å². The van der Waals surface area contributed by atoms with Crippen LogP contribution in [0.15, 0.2) is 35.7 Å². The summed E-state index contributed by atoms with van der Waals surface area (Å²) in [6, 6.07) is 9.12. The summed E-state index contributed by atoms with van der Waals surface area (Å²) in [4.78, 5) is 43.9. The summed E-state index contributed by atoms with van der Waals surface area (Å²) < 4.78 is 6.16. The van der Waals surface area contributed by atoms with Crippen molar-refractivity contribution in [1.82, 2.24) is 9.88 Å². The Kier molecular flexibility index (Phi) is 7.06. The van der Waals surface area contributed by atoms with Crippen LogP contribution in [-0.4, -0.2) is 53.8 Å². The number of esters is 1. The molecule has 1 aromatic carbocycles. The highest BCUT2D eigenvalue weighted by atomic mass is 32.1. The van der Waals surface area contributed by atoms with Gasteiger partial charge in [-0.25, -0.2) is 4.98 Å². The predicted molar refractivity (Wildman–Crippen MR) is 122 cm³/mol. The number of ketones is 1. The molecular weight excluding hydrogens is 434 g/mol. The van der Waals surface area contributed by atoms with Gasteiger partial charge >= 0.3 is 5.97 Å². The second-order valence-corrected chi connectivity index (χ2v) is 9.27. The molecule has 9 heteroatoms. The third-order valence-electron chi connectivity index (χ3n) is 5.10. The molecule has 1 fully saturated rings. The number of ether oxygens (including phenoxy) is 1. The van der Waals surface area contributed by atoms with Crippen molar-refractivity contribution in [2.45, 2.75) is 25.7 Å². The Morgan fingerprint density at radius 2 is 1.90 bits per heavy atom. The van der Waals surface area contributed by atoms with Crippen LogP contribution >= 0.6 is 22.7 Å². The van der Waals surface area contributed by atoms with Crippen molar-refractivity contribution in [2.24, 2.45) is 0 Å². The van der Waals surface area contributed by atoms with E-state index < -0.39 is 5.97 Å². The van der Waals surface area contributed by atoms with Crippen molar-refractivity contribution in [3.05, 3.63) is 46.3 Å². The molecular formula is C22H23N3O4S2. The Morgan fingerprint density at radius 3 is 2.71 bits per heavy atom. The zero-order valence-electron chi connectivity index (χ0n) is 17.0. The SMILES string of the molecule is O=C(CC(=O)c1ccsc1NC(=O)c1nc2ccccc2s1)OCCN1CCCCC1. The average molecular weight is 458 g/mol. The summed E-state index contributed by atoms with van der Waals surface area (Å²) >= 11 is 2.53. The maximum atomic E-state index is 12.6. The van der Waals surface area contributed by atoms with E-state index >= 15 is 0 Å². The van der Waals surface area contributed by atoms with Gasteiger partial charge < -0.3 is 10.1 Å². The van der Waals surface area contributed by atoms with Crippen LogP contribution in [0.25, 0.3) is 10.2 Å². The standard InChI is InChI=1S/C22H23N3O4S2/c26-17(14-19(27)29-12-11-25-9-4-1-5-10-25)15-8-13-30-21(15)24-20(28)22-23-16-6-2-3-7-18(16)31-22/h2-3,6-8,13H,1,4-5,9-12,14H2,(H,24,28). The third-order valence-corrected chi connectivity index (χ3v) is 6.97. The normalized spacial score (nSPS) is 14.5. The van der Waals surface area contributed by atoms with Gasteiger partial charge in [0.1, 0.15) is 18.0 Å². The third kappa shape index (κ3) is 5.55. The molecule has 0 aliphatic carbocycles. The van der Waals surface area contributed by atoms with E-state index in [0.29, 0.717) is 22.1 Å². The average Bonchev–Trinajstić information content (AvgIpc) is 3.41. The van der Waals surface area contributed by atoms with Gasteiger partial charge in [-0.05, 0) is 49.5 Å². The number of thiophene rings is 1.